The topological polar surface area (TPSA) is 58.1 Å². The first kappa shape index (κ1) is 25.4. The van der Waals surface area contributed by atoms with E-state index in [9.17, 15) is 0 Å². The van der Waals surface area contributed by atoms with Crippen LogP contribution in [-0.4, -0.2) is 70.5 Å². The molecule has 2 unspecified atom stereocenters. The normalized spacial score (nSPS) is 22.9. The summed E-state index contributed by atoms with van der Waals surface area (Å²) in [7, 11) is 1.85. The van der Waals surface area contributed by atoms with Gasteiger partial charge in [-0.25, -0.2) is 0 Å². The molecule has 2 atom stereocenters. The molecule has 2 fully saturated rings. The fourth-order valence-electron chi connectivity index (χ4n) is 4.12. The first-order chi connectivity index (χ1) is 14.3. The number of morpholine rings is 1. The van der Waals surface area contributed by atoms with Gasteiger partial charge in [0.25, 0.3) is 0 Å². The molecule has 0 spiro atoms. The minimum absolute atomic E-state index is 0. The molecule has 2 aliphatic heterocycles. The van der Waals surface area contributed by atoms with Gasteiger partial charge in [-0.2, -0.15) is 0 Å². The molecular formula is C23H39IN4O2. The fraction of sp³-hybridized carbons (Fsp3) is 0.696. The van der Waals surface area contributed by atoms with Gasteiger partial charge in [0, 0.05) is 45.8 Å². The zero-order valence-corrected chi connectivity index (χ0v) is 20.9. The summed E-state index contributed by atoms with van der Waals surface area (Å²) in [5, 5.41) is 6.99. The van der Waals surface area contributed by atoms with Crippen LogP contribution in [0.3, 0.4) is 0 Å². The largest absolute Gasteiger partial charge is 0.379 e. The van der Waals surface area contributed by atoms with Crippen LogP contribution in [-0.2, 0) is 9.47 Å². The Kier molecular flexibility index (Phi) is 12.0. The molecule has 0 aromatic heterocycles. The van der Waals surface area contributed by atoms with Crippen LogP contribution in [0.5, 0.6) is 0 Å². The molecule has 6 nitrogen and oxygen atoms in total. The van der Waals surface area contributed by atoms with Crippen molar-refractivity contribution in [1.82, 2.24) is 15.5 Å². The predicted molar refractivity (Wildman–Crippen MR) is 134 cm³/mol. The van der Waals surface area contributed by atoms with Gasteiger partial charge >= 0.3 is 0 Å². The number of rotatable bonds is 8. The molecule has 7 heteroatoms. The van der Waals surface area contributed by atoms with Crippen molar-refractivity contribution in [2.24, 2.45) is 10.9 Å². The van der Waals surface area contributed by atoms with E-state index in [4.69, 9.17) is 9.47 Å². The van der Waals surface area contributed by atoms with Gasteiger partial charge in [0.1, 0.15) is 0 Å². The molecule has 0 saturated carbocycles. The highest BCUT2D eigenvalue weighted by molar-refractivity contribution is 14.0. The Hall–Kier alpha value is -0.900. The number of ether oxygens (including phenoxy) is 2. The second-order valence-electron chi connectivity index (χ2n) is 8.15. The van der Waals surface area contributed by atoms with Crippen molar-refractivity contribution in [1.29, 1.82) is 0 Å². The first-order valence-electron chi connectivity index (χ1n) is 11.2. The summed E-state index contributed by atoms with van der Waals surface area (Å²) in [4.78, 5) is 6.89. The molecule has 2 heterocycles. The van der Waals surface area contributed by atoms with Crippen LogP contribution < -0.4 is 10.6 Å². The van der Waals surface area contributed by atoms with E-state index in [1.54, 1.807) is 0 Å². The van der Waals surface area contributed by atoms with Crippen molar-refractivity contribution in [2.45, 2.75) is 38.7 Å². The van der Waals surface area contributed by atoms with Gasteiger partial charge in [-0.15, -0.1) is 24.0 Å². The number of guanidine groups is 1. The molecule has 2 aliphatic rings. The molecular weight excluding hydrogens is 491 g/mol. The van der Waals surface area contributed by atoms with Crippen LogP contribution in [0.15, 0.2) is 29.3 Å². The van der Waals surface area contributed by atoms with Crippen LogP contribution in [0, 0.1) is 12.8 Å². The van der Waals surface area contributed by atoms with Crippen LogP contribution in [0.25, 0.3) is 0 Å². The summed E-state index contributed by atoms with van der Waals surface area (Å²) < 4.78 is 11.5. The number of halogens is 1. The molecule has 170 valence electrons. The van der Waals surface area contributed by atoms with E-state index in [2.05, 4.69) is 51.7 Å². The predicted octanol–water partition coefficient (Wildman–Crippen LogP) is 3.36. The third-order valence-corrected chi connectivity index (χ3v) is 5.90. The van der Waals surface area contributed by atoms with E-state index < -0.39 is 0 Å². The van der Waals surface area contributed by atoms with Crippen LogP contribution in [0.4, 0.5) is 0 Å². The van der Waals surface area contributed by atoms with E-state index in [0.717, 1.165) is 71.3 Å². The third kappa shape index (κ3) is 8.32. The SMILES string of the molecule is CN=C(NCCCCN1CCOCC1)NCC1CCCOC1c1ccc(C)cc1.I. The minimum Gasteiger partial charge on any atom is -0.379 e. The van der Waals surface area contributed by atoms with Crippen molar-refractivity contribution >= 4 is 29.9 Å². The van der Waals surface area contributed by atoms with Gasteiger partial charge in [0.05, 0.1) is 19.3 Å². The Morgan fingerprint density at radius 2 is 1.87 bits per heavy atom. The van der Waals surface area contributed by atoms with Crippen molar-refractivity contribution in [3.8, 4) is 0 Å². The van der Waals surface area contributed by atoms with Crippen LogP contribution >= 0.6 is 24.0 Å². The van der Waals surface area contributed by atoms with Crippen LogP contribution in [0.2, 0.25) is 0 Å². The Bertz CT molecular complexity index is 620. The highest BCUT2D eigenvalue weighted by Crippen LogP contribution is 2.33. The van der Waals surface area contributed by atoms with E-state index >= 15 is 0 Å². The number of unbranched alkanes of at least 4 members (excludes halogenated alkanes) is 1. The maximum Gasteiger partial charge on any atom is 0.190 e. The molecule has 0 bridgehead atoms. The highest BCUT2D eigenvalue weighted by atomic mass is 127. The van der Waals surface area contributed by atoms with Gasteiger partial charge < -0.3 is 20.1 Å². The molecule has 2 N–H and O–H groups in total. The Balaban J connectivity index is 0.00000320. The molecule has 1 aromatic carbocycles. The number of hydrogen-bond donors (Lipinski definition) is 2. The van der Waals surface area contributed by atoms with Crippen molar-refractivity contribution in [3.63, 3.8) is 0 Å². The number of nitrogens with zero attached hydrogens (tertiary/aromatic N) is 2. The Labute approximate surface area is 199 Å². The number of aliphatic imine (C=N–C) groups is 1. The van der Waals surface area contributed by atoms with Gasteiger partial charge in [-0.3, -0.25) is 9.89 Å². The quantitative estimate of drug-likeness (QED) is 0.234. The first-order valence-corrected chi connectivity index (χ1v) is 11.2. The smallest absolute Gasteiger partial charge is 0.190 e. The fourth-order valence-corrected chi connectivity index (χ4v) is 4.12. The average molecular weight is 530 g/mol. The molecule has 30 heavy (non-hydrogen) atoms. The monoisotopic (exact) mass is 530 g/mol. The summed E-state index contributed by atoms with van der Waals surface area (Å²) in [5.74, 6) is 1.36. The lowest BCUT2D eigenvalue weighted by molar-refractivity contribution is -0.0265. The standard InChI is InChI=1S/C23H38N4O2.HI/c1-19-7-9-20(10-8-19)22-21(6-5-15-29-22)18-26-23(24-2)25-11-3-4-12-27-13-16-28-17-14-27;/h7-10,21-22H,3-6,11-18H2,1-2H3,(H2,24,25,26);1H. The number of hydrogen-bond acceptors (Lipinski definition) is 4. The second kappa shape index (κ2) is 14.2. The maximum atomic E-state index is 6.14. The lowest BCUT2D eigenvalue weighted by atomic mass is 9.89. The summed E-state index contributed by atoms with van der Waals surface area (Å²) in [5.41, 5.74) is 2.57. The maximum absolute atomic E-state index is 6.14. The summed E-state index contributed by atoms with van der Waals surface area (Å²) >= 11 is 0. The van der Waals surface area contributed by atoms with Crippen LogP contribution in [0.1, 0.15) is 42.9 Å². The van der Waals surface area contributed by atoms with E-state index in [-0.39, 0.29) is 30.1 Å². The summed E-state index contributed by atoms with van der Waals surface area (Å²) in [6.45, 7) is 9.87. The van der Waals surface area contributed by atoms with Crippen molar-refractivity contribution in [2.75, 3.05) is 59.6 Å². The molecule has 3 rings (SSSR count). The van der Waals surface area contributed by atoms with E-state index in [1.165, 1.54) is 24.0 Å². The summed E-state index contributed by atoms with van der Waals surface area (Å²) in [6.07, 6.45) is 4.83. The molecule has 0 amide bonds. The number of aryl methyl sites for hydroxylation is 1. The van der Waals surface area contributed by atoms with E-state index in [1.807, 2.05) is 7.05 Å². The minimum atomic E-state index is 0. The van der Waals surface area contributed by atoms with Crippen molar-refractivity contribution < 1.29 is 9.47 Å². The zero-order valence-electron chi connectivity index (χ0n) is 18.6. The third-order valence-electron chi connectivity index (χ3n) is 5.90. The average Bonchev–Trinajstić information content (AvgIpc) is 2.77. The molecule has 2 saturated heterocycles. The number of nitrogens with one attached hydrogen (secondary N) is 2. The van der Waals surface area contributed by atoms with Gasteiger partial charge in [-0.1, -0.05) is 29.8 Å². The van der Waals surface area contributed by atoms with Gasteiger partial charge in [-0.05, 0) is 44.7 Å². The molecule has 0 aliphatic carbocycles. The van der Waals surface area contributed by atoms with Gasteiger partial charge in [0.2, 0.25) is 0 Å². The highest BCUT2D eigenvalue weighted by Gasteiger charge is 2.27. The zero-order chi connectivity index (χ0) is 20.3. The lowest BCUT2D eigenvalue weighted by Gasteiger charge is -2.32. The van der Waals surface area contributed by atoms with Crippen molar-refractivity contribution in [3.05, 3.63) is 35.4 Å². The Morgan fingerprint density at radius 1 is 1.10 bits per heavy atom. The molecule has 1 aromatic rings. The van der Waals surface area contributed by atoms with E-state index in [0.29, 0.717) is 5.92 Å². The van der Waals surface area contributed by atoms with Gasteiger partial charge in [0.15, 0.2) is 5.96 Å². The lowest BCUT2D eigenvalue weighted by Crippen LogP contribution is -2.42. The second-order valence-corrected chi connectivity index (χ2v) is 8.15. The number of benzene rings is 1. The molecule has 0 radical (unpaired) electrons. The summed E-state index contributed by atoms with van der Waals surface area (Å²) in [6, 6.07) is 8.77. The Morgan fingerprint density at radius 3 is 2.60 bits per heavy atom.